The zero-order chi connectivity index (χ0) is 22.3. The first kappa shape index (κ1) is 22.5. The number of hydrogen-bond donors (Lipinski definition) is 2. The van der Waals surface area contributed by atoms with E-state index in [0.29, 0.717) is 25.4 Å². The second-order valence-corrected chi connectivity index (χ2v) is 9.31. The minimum atomic E-state index is -0.679. The molecule has 0 radical (unpaired) electrons. The number of thiophene rings is 1. The van der Waals surface area contributed by atoms with Crippen LogP contribution in [0, 0.1) is 0 Å². The van der Waals surface area contributed by atoms with Gasteiger partial charge < -0.3 is 19.9 Å². The molecule has 4 rings (SSSR count). The Morgan fingerprint density at radius 3 is 2.62 bits per heavy atom. The zero-order valence-corrected chi connectivity index (χ0v) is 19.3. The number of imidazole rings is 1. The molecule has 0 bridgehead atoms. The lowest BCUT2D eigenvalue weighted by molar-refractivity contribution is -0.136. The molecule has 2 N–H and O–H groups in total. The quantitative estimate of drug-likeness (QED) is 0.515. The molecule has 1 aliphatic rings. The smallest absolute Gasteiger partial charge is 0.313 e. The Kier molecular flexibility index (Phi) is 7.59. The standard InChI is InChI=1S/C22H25N5O3S2/c1-26-9-8-23-22(26)32-17-6-4-16(5-7-17)25-21(29)20(28)24-15-18(19-3-2-14-31-19)27-10-12-30-13-11-27/h2-9,14,18H,10-13,15H2,1H3,(H,24,28)(H,25,29). The SMILES string of the molecule is Cn1ccnc1Sc1ccc(NC(=O)C(=O)NCC(c2cccs2)N2CCOCC2)cc1. The fraction of sp³-hybridized carbons (Fsp3) is 0.318. The highest BCUT2D eigenvalue weighted by molar-refractivity contribution is 7.99. The van der Waals surface area contributed by atoms with Crippen molar-refractivity contribution in [2.24, 2.45) is 7.05 Å². The van der Waals surface area contributed by atoms with Crippen molar-refractivity contribution < 1.29 is 14.3 Å². The topological polar surface area (TPSA) is 88.5 Å². The number of rotatable bonds is 7. The normalized spacial score (nSPS) is 15.3. The van der Waals surface area contributed by atoms with Gasteiger partial charge in [-0.15, -0.1) is 11.3 Å². The molecule has 32 heavy (non-hydrogen) atoms. The molecule has 0 aliphatic carbocycles. The van der Waals surface area contributed by atoms with E-state index in [1.807, 2.05) is 41.4 Å². The Bertz CT molecular complexity index is 1030. The number of hydrogen-bond acceptors (Lipinski definition) is 7. The van der Waals surface area contributed by atoms with Gasteiger partial charge in [0, 0.05) is 54.5 Å². The van der Waals surface area contributed by atoms with E-state index in [1.165, 1.54) is 11.8 Å². The molecule has 1 fully saturated rings. The maximum atomic E-state index is 12.4. The molecule has 0 saturated carbocycles. The number of morpholine rings is 1. The van der Waals surface area contributed by atoms with Gasteiger partial charge >= 0.3 is 11.8 Å². The summed E-state index contributed by atoms with van der Waals surface area (Å²) < 4.78 is 7.38. The van der Waals surface area contributed by atoms with Crippen molar-refractivity contribution in [1.29, 1.82) is 0 Å². The van der Waals surface area contributed by atoms with Crippen LogP contribution in [0.1, 0.15) is 10.9 Å². The van der Waals surface area contributed by atoms with Crippen molar-refractivity contribution in [2.45, 2.75) is 16.1 Å². The third-order valence-electron chi connectivity index (χ3n) is 5.12. The van der Waals surface area contributed by atoms with Gasteiger partial charge in [-0.05, 0) is 35.7 Å². The van der Waals surface area contributed by atoms with E-state index in [-0.39, 0.29) is 6.04 Å². The van der Waals surface area contributed by atoms with E-state index in [0.717, 1.165) is 28.0 Å². The number of nitrogens with one attached hydrogen (secondary N) is 2. The molecule has 1 saturated heterocycles. The summed E-state index contributed by atoms with van der Waals surface area (Å²) in [5.41, 5.74) is 0.567. The average Bonchev–Trinajstić information content (AvgIpc) is 3.48. The molecule has 3 aromatic rings. The summed E-state index contributed by atoms with van der Waals surface area (Å²) in [6.45, 7) is 3.31. The number of carbonyl (C=O) groups is 2. The Morgan fingerprint density at radius 2 is 1.97 bits per heavy atom. The van der Waals surface area contributed by atoms with E-state index in [4.69, 9.17) is 4.74 Å². The first-order valence-corrected chi connectivity index (χ1v) is 12.0. The summed E-state index contributed by atoms with van der Waals surface area (Å²) >= 11 is 3.17. The second kappa shape index (κ2) is 10.8. The number of aryl methyl sites for hydroxylation is 1. The first-order valence-electron chi connectivity index (χ1n) is 10.3. The van der Waals surface area contributed by atoms with Gasteiger partial charge in [-0.25, -0.2) is 4.98 Å². The minimum Gasteiger partial charge on any atom is -0.379 e. The van der Waals surface area contributed by atoms with Crippen molar-refractivity contribution in [3.05, 3.63) is 59.0 Å². The number of carbonyl (C=O) groups excluding carboxylic acids is 2. The van der Waals surface area contributed by atoms with E-state index >= 15 is 0 Å². The third-order valence-corrected chi connectivity index (χ3v) is 7.18. The highest BCUT2D eigenvalue weighted by Gasteiger charge is 2.25. The van der Waals surface area contributed by atoms with Gasteiger partial charge in [-0.3, -0.25) is 14.5 Å². The summed E-state index contributed by atoms with van der Waals surface area (Å²) in [5, 5.41) is 8.36. The predicted octanol–water partition coefficient (Wildman–Crippen LogP) is 2.76. The van der Waals surface area contributed by atoms with Gasteiger partial charge in [0.05, 0.1) is 19.3 Å². The molecular weight excluding hydrogens is 446 g/mol. The average molecular weight is 472 g/mol. The van der Waals surface area contributed by atoms with Crippen molar-refractivity contribution >= 4 is 40.6 Å². The molecule has 1 atom stereocenters. The maximum absolute atomic E-state index is 12.4. The van der Waals surface area contributed by atoms with Gasteiger partial charge in [0.15, 0.2) is 5.16 Å². The predicted molar refractivity (Wildman–Crippen MR) is 125 cm³/mol. The Morgan fingerprint density at radius 1 is 1.19 bits per heavy atom. The lowest BCUT2D eigenvalue weighted by Gasteiger charge is -2.34. The number of anilines is 1. The number of amides is 2. The van der Waals surface area contributed by atoms with Crippen LogP contribution < -0.4 is 10.6 Å². The van der Waals surface area contributed by atoms with Gasteiger partial charge in [-0.2, -0.15) is 0 Å². The van der Waals surface area contributed by atoms with Crippen molar-refractivity contribution in [1.82, 2.24) is 19.8 Å². The summed E-state index contributed by atoms with van der Waals surface area (Å²) in [5.74, 6) is -1.33. The van der Waals surface area contributed by atoms with Crippen molar-refractivity contribution in [3.8, 4) is 0 Å². The number of aromatic nitrogens is 2. The molecule has 0 spiro atoms. The molecule has 2 amide bonds. The van der Waals surface area contributed by atoms with Crippen LogP contribution in [-0.4, -0.2) is 59.1 Å². The Labute approximate surface area is 195 Å². The van der Waals surface area contributed by atoms with Crippen molar-refractivity contribution in [2.75, 3.05) is 38.2 Å². The second-order valence-electron chi connectivity index (χ2n) is 7.29. The minimum absolute atomic E-state index is 0.0260. The van der Waals surface area contributed by atoms with Crippen LogP contribution in [0.2, 0.25) is 0 Å². The number of nitrogens with zero attached hydrogens (tertiary/aromatic N) is 3. The highest BCUT2D eigenvalue weighted by atomic mass is 32.2. The van der Waals surface area contributed by atoms with Crippen LogP contribution in [0.4, 0.5) is 5.69 Å². The number of ether oxygens (including phenoxy) is 1. The molecule has 8 nitrogen and oxygen atoms in total. The van der Waals surface area contributed by atoms with Gasteiger partial charge in [0.25, 0.3) is 0 Å². The van der Waals surface area contributed by atoms with E-state index < -0.39 is 11.8 Å². The van der Waals surface area contributed by atoms with E-state index in [9.17, 15) is 9.59 Å². The lowest BCUT2D eigenvalue weighted by Crippen LogP contribution is -2.45. The fourth-order valence-electron chi connectivity index (χ4n) is 3.40. The van der Waals surface area contributed by atoms with Crippen LogP contribution in [0.3, 0.4) is 0 Å². The van der Waals surface area contributed by atoms with Gasteiger partial charge in [0.1, 0.15) is 0 Å². The van der Waals surface area contributed by atoms with Crippen molar-refractivity contribution in [3.63, 3.8) is 0 Å². The molecule has 1 aliphatic heterocycles. The van der Waals surface area contributed by atoms with Crippen LogP contribution in [0.5, 0.6) is 0 Å². The van der Waals surface area contributed by atoms with Crippen LogP contribution in [0.15, 0.2) is 64.2 Å². The van der Waals surface area contributed by atoms with Crippen LogP contribution in [-0.2, 0) is 21.4 Å². The van der Waals surface area contributed by atoms with Gasteiger partial charge in [-0.1, -0.05) is 17.8 Å². The van der Waals surface area contributed by atoms with Gasteiger partial charge in [0.2, 0.25) is 0 Å². The summed E-state index contributed by atoms with van der Waals surface area (Å²) in [6.07, 6.45) is 3.63. The third kappa shape index (κ3) is 5.77. The molecule has 168 valence electrons. The Balaban J connectivity index is 1.31. The van der Waals surface area contributed by atoms with Crippen LogP contribution in [0.25, 0.3) is 0 Å². The molecule has 3 heterocycles. The maximum Gasteiger partial charge on any atom is 0.313 e. The van der Waals surface area contributed by atoms with E-state index in [2.05, 4.69) is 26.6 Å². The Hall–Kier alpha value is -2.66. The number of benzene rings is 1. The molecule has 1 aromatic carbocycles. The molecule has 2 aromatic heterocycles. The summed E-state index contributed by atoms with van der Waals surface area (Å²) in [6, 6.07) is 11.4. The highest BCUT2D eigenvalue weighted by Crippen LogP contribution is 2.27. The molecule has 10 heteroatoms. The largest absolute Gasteiger partial charge is 0.379 e. The zero-order valence-electron chi connectivity index (χ0n) is 17.7. The fourth-order valence-corrected chi connectivity index (χ4v) is 5.06. The molecular formula is C22H25N5O3S2. The first-order chi connectivity index (χ1) is 15.6. The van der Waals surface area contributed by atoms with E-state index in [1.54, 1.807) is 29.7 Å². The monoisotopic (exact) mass is 471 g/mol. The lowest BCUT2D eigenvalue weighted by atomic mass is 10.2. The summed E-state index contributed by atoms with van der Waals surface area (Å²) in [4.78, 5) is 33.6. The summed E-state index contributed by atoms with van der Waals surface area (Å²) in [7, 11) is 1.94. The molecule has 1 unspecified atom stereocenters. The van der Waals surface area contributed by atoms with Crippen LogP contribution >= 0.6 is 23.1 Å².